The number of hydrogen-bond donors (Lipinski definition) is 1. The van der Waals surface area contributed by atoms with Crippen LogP contribution in [0.5, 0.6) is 0 Å². The predicted octanol–water partition coefficient (Wildman–Crippen LogP) is 7.81. The van der Waals surface area contributed by atoms with Crippen LogP contribution in [0.1, 0.15) is 79.8 Å². The number of aromatic nitrogens is 1. The van der Waals surface area contributed by atoms with E-state index in [2.05, 4.69) is 75.2 Å². The molecule has 3 aromatic rings. The molecule has 4 nitrogen and oxygen atoms in total. The average molecular weight is 544 g/mol. The molecule has 1 N–H and O–H groups in total. The summed E-state index contributed by atoms with van der Waals surface area (Å²) in [5.74, 6) is 1.74. The van der Waals surface area contributed by atoms with Gasteiger partial charge in [0.25, 0.3) is 0 Å². The fourth-order valence-corrected chi connectivity index (χ4v) is 6.91. The van der Waals surface area contributed by atoms with Crippen molar-refractivity contribution in [3.05, 3.63) is 94.3 Å². The number of carbonyl (C=O) groups excluding carboxylic acids is 1. The van der Waals surface area contributed by atoms with Gasteiger partial charge in [-0.05, 0) is 90.5 Å². The van der Waals surface area contributed by atoms with Crippen LogP contribution in [0.15, 0.2) is 60.9 Å². The molecular weight excluding hydrogens is 502 g/mol. The lowest BCUT2D eigenvalue weighted by Gasteiger charge is -2.34. The van der Waals surface area contributed by atoms with Crippen LogP contribution >= 0.6 is 11.8 Å². The average Bonchev–Trinajstić information content (AvgIpc) is 2.93. The molecule has 0 saturated carbocycles. The minimum absolute atomic E-state index is 0.0927. The second-order valence-electron chi connectivity index (χ2n) is 10.8. The first kappa shape index (κ1) is 29.1. The number of carbonyl (C=O) groups is 1. The highest BCUT2D eigenvalue weighted by atomic mass is 32.2. The first-order valence-electron chi connectivity index (χ1n) is 14.0. The van der Waals surface area contributed by atoms with Gasteiger partial charge in [-0.2, -0.15) is 11.8 Å². The van der Waals surface area contributed by atoms with E-state index in [9.17, 15) is 9.90 Å². The molecule has 2 aromatic carbocycles. The molecule has 1 saturated heterocycles. The number of pyridine rings is 1. The lowest BCUT2D eigenvalue weighted by atomic mass is 9.69. The Morgan fingerprint density at radius 3 is 2.31 bits per heavy atom. The van der Waals surface area contributed by atoms with Crippen molar-refractivity contribution in [3.8, 4) is 11.1 Å². The number of hydrogen-bond acceptors (Lipinski definition) is 5. The van der Waals surface area contributed by atoms with Crippen molar-refractivity contribution in [2.75, 3.05) is 11.5 Å². The highest BCUT2D eigenvalue weighted by Gasteiger charge is 2.31. The van der Waals surface area contributed by atoms with Gasteiger partial charge in [-0.1, -0.05) is 62.4 Å². The summed E-state index contributed by atoms with van der Waals surface area (Å²) >= 11 is 1.92. The van der Waals surface area contributed by atoms with Crippen LogP contribution in [0.25, 0.3) is 17.2 Å². The molecule has 1 fully saturated rings. The molecule has 39 heavy (non-hydrogen) atoms. The molecule has 1 aliphatic rings. The molecule has 5 heteroatoms. The predicted molar refractivity (Wildman–Crippen MR) is 163 cm³/mol. The second-order valence-corrected chi connectivity index (χ2v) is 12.0. The zero-order valence-corrected chi connectivity index (χ0v) is 24.7. The number of nitrogens with zero attached hydrogens (tertiary/aromatic N) is 1. The van der Waals surface area contributed by atoms with Crippen LogP contribution in [-0.2, 0) is 21.6 Å². The number of aryl methyl sites for hydroxylation is 2. The fraction of sp³-hybridized carbons (Fsp3) is 0.412. The largest absolute Gasteiger partial charge is 0.461 e. The van der Waals surface area contributed by atoms with Gasteiger partial charge in [0.2, 0.25) is 0 Å². The van der Waals surface area contributed by atoms with Crippen LogP contribution in [0.4, 0.5) is 0 Å². The number of esters is 1. The van der Waals surface area contributed by atoms with Crippen molar-refractivity contribution in [3.63, 3.8) is 0 Å². The van der Waals surface area contributed by atoms with E-state index < -0.39 is 5.60 Å². The molecule has 1 aliphatic heterocycles. The molecule has 206 valence electrons. The first-order chi connectivity index (χ1) is 18.7. The smallest absolute Gasteiger partial charge is 0.302 e. The Morgan fingerprint density at radius 1 is 1.03 bits per heavy atom. The van der Waals surface area contributed by atoms with Gasteiger partial charge < -0.3 is 9.84 Å². The summed E-state index contributed by atoms with van der Waals surface area (Å²) in [7, 11) is 0. The lowest BCUT2D eigenvalue weighted by Crippen LogP contribution is -2.30. The molecule has 0 atom stereocenters. The zero-order chi connectivity index (χ0) is 28.0. The summed E-state index contributed by atoms with van der Waals surface area (Å²) in [5, 5.41) is 10.9. The van der Waals surface area contributed by atoms with Crippen molar-refractivity contribution in [1.82, 2.24) is 4.98 Å². The van der Waals surface area contributed by atoms with Gasteiger partial charge in [-0.25, -0.2) is 0 Å². The molecule has 0 spiro atoms. The summed E-state index contributed by atoms with van der Waals surface area (Å²) in [6.45, 7) is 10.5. The standard InChI is InChI=1S/C34H41NO3S/c1-6-34(7-2,30-9-8-28(24(3)18-30)12-13-33(37)14-16-39-17-15-33)31-10-11-32(25(4)19-31)29-20-27(21-35-22-29)23-38-26(5)36/h8-13,18-22,37H,6-7,14-17,23H2,1-5H3/b13-12+. The maximum atomic E-state index is 11.2. The van der Waals surface area contributed by atoms with E-state index >= 15 is 0 Å². The molecule has 1 aromatic heterocycles. The van der Waals surface area contributed by atoms with Crippen molar-refractivity contribution in [2.45, 2.75) is 77.9 Å². The van der Waals surface area contributed by atoms with Crippen molar-refractivity contribution >= 4 is 23.8 Å². The maximum absolute atomic E-state index is 11.2. The first-order valence-corrected chi connectivity index (χ1v) is 15.1. The summed E-state index contributed by atoms with van der Waals surface area (Å²) in [5.41, 5.74) is 8.49. The Kier molecular flexibility index (Phi) is 9.35. The normalized spacial score (nSPS) is 15.4. The highest BCUT2D eigenvalue weighted by molar-refractivity contribution is 7.99. The van der Waals surface area contributed by atoms with Crippen molar-refractivity contribution < 1.29 is 14.6 Å². The summed E-state index contributed by atoms with van der Waals surface area (Å²) in [4.78, 5) is 15.6. The quantitative estimate of drug-likeness (QED) is 0.279. The van der Waals surface area contributed by atoms with Gasteiger partial charge in [-0.15, -0.1) is 0 Å². The summed E-state index contributed by atoms with van der Waals surface area (Å²) in [6.07, 6.45) is 11.4. The number of thioether (sulfide) groups is 1. The lowest BCUT2D eigenvalue weighted by molar-refractivity contribution is -0.142. The maximum Gasteiger partial charge on any atom is 0.302 e. The topological polar surface area (TPSA) is 59.4 Å². The molecule has 0 amide bonds. The van der Waals surface area contributed by atoms with Crippen LogP contribution < -0.4 is 0 Å². The van der Waals surface area contributed by atoms with Gasteiger partial charge in [0, 0.05) is 35.9 Å². The van der Waals surface area contributed by atoms with Gasteiger partial charge in [0.1, 0.15) is 6.61 Å². The van der Waals surface area contributed by atoms with E-state index in [1.54, 1.807) is 6.20 Å². The van der Waals surface area contributed by atoms with E-state index in [0.29, 0.717) is 0 Å². The number of rotatable bonds is 9. The Bertz CT molecular complexity index is 1340. The fourth-order valence-electron chi connectivity index (χ4n) is 5.71. The van der Waals surface area contributed by atoms with E-state index in [1.165, 1.54) is 34.7 Å². The van der Waals surface area contributed by atoms with Crippen LogP contribution in [0.2, 0.25) is 0 Å². The zero-order valence-electron chi connectivity index (χ0n) is 23.9. The molecule has 0 aliphatic carbocycles. The third kappa shape index (κ3) is 6.64. The monoisotopic (exact) mass is 543 g/mol. The van der Waals surface area contributed by atoms with E-state index in [1.807, 2.05) is 30.1 Å². The number of ether oxygens (including phenoxy) is 1. The van der Waals surface area contributed by atoms with Gasteiger partial charge in [0.15, 0.2) is 0 Å². The van der Waals surface area contributed by atoms with Crippen LogP contribution in [-0.4, -0.2) is 33.2 Å². The SMILES string of the molecule is CCC(CC)(c1ccc(/C=C/C2(O)CCSCC2)c(C)c1)c1ccc(-c2cncc(COC(C)=O)c2)c(C)c1. The molecular formula is C34H41NO3S. The highest BCUT2D eigenvalue weighted by Crippen LogP contribution is 2.41. The number of benzene rings is 2. The third-order valence-electron chi connectivity index (χ3n) is 8.29. The third-order valence-corrected chi connectivity index (χ3v) is 9.27. The van der Waals surface area contributed by atoms with E-state index in [-0.39, 0.29) is 18.0 Å². The molecule has 2 heterocycles. The molecule has 0 bridgehead atoms. The van der Waals surface area contributed by atoms with Crippen molar-refractivity contribution in [1.29, 1.82) is 0 Å². The Morgan fingerprint density at radius 2 is 1.69 bits per heavy atom. The number of aliphatic hydroxyl groups is 1. The Labute approximate surface area is 237 Å². The Balaban J connectivity index is 1.63. The van der Waals surface area contributed by atoms with Crippen LogP contribution in [0, 0.1) is 13.8 Å². The molecule has 0 radical (unpaired) electrons. The van der Waals surface area contributed by atoms with Gasteiger partial charge in [0.05, 0.1) is 5.60 Å². The minimum atomic E-state index is -0.679. The van der Waals surface area contributed by atoms with Gasteiger partial charge in [-0.3, -0.25) is 9.78 Å². The van der Waals surface area contributed by atoms with E-state index in [0.717, 1.165) is 53.9 Å². The summed E-state index contributed by atoms with van der Waals surface area (Å²) < 4.78 is 5.16. The van der Waals surface area contributed by atoms with Gasteiger partial charge >= 0.3 is 5.97 Å². The van der Waals surface area contributed by atoms with Crippen LogP contribution in [0.3, 0.4) is 0 Å². The van der Waals surface area contributed by atoms with Crippen molar-refractivity contribution in [2.24, 2.45) is 0 Å². The minimum Gasteiger partial charge on any atom is -0.461 e. The molecule has 0 unspecified atom stereocenters. The second kappa shape index (κ2) is 12.5. The van der Waals surface area contributed by atoms with E-state index in [4.69, 9.17) is 4.74 Å². The summed E-state index contributed by atoms with van der Waals surface area (Å²) in [6, 6.07) is 15.6. The Hall–Kier alpha value is -2.89. The molecule has 4 rings (SSSR count).